The van der Waals surface area contributed by atoms with E-state index in [2.05, 4.69) is 15.5 Å². The smallest absolute Gasteiger partial charge is 0.381 e. The number of aldehydes is 1. The number of anilines is 1. The molecule has 0 unspecified atom stereocenters. The number of ether oxygens (including phenoxy) is 1. The van der Waals surface area contributed by atoms with Gasteiger partial charge in [0.05, 0.1) is 11.7 Å². The van der Waals surface area contributed by atoms with Gasteiger partial charge in [-0.15, -0.1) is 10.2 Å². The zero-order valence-electron chi connectivity index (χ0n) is 23.8. The molecule has 2 aliphatic carbocycles. The fraction of sp³-hybridized carbons (Fsp3) is 0.500. The van der Waals surface area contributed by atoms with E-state index in [1.807, 2.05) is 17.7 Å². The summed E-state index contributed by atoms with van der Waals surface area (Å²) in [6.07, 6.45) is -1.62. The van der Waals surface area contributed by atoms with E-state index < -0.39 is 24.1 Å². The maximum Gasteiger partial charge on any atom is 0.416 e. The summed E-state index contributed by atoms with van der Waals surface area (Å²) in [6.45, 7) is -0.00131. The molecular formula is C30H36F5N5O2. The quantitative estimate of drug-likeness (QED) is 0.230. The molecule has 3 aromatic rings. The largest absolute Gasteiger partial charge is 0.416 e. The van der Waals surface area contributed by atoms with Gasteiger partial charge in [0.1, 0.15) is 18.4 Å². The first-order valence-electron chi connectivity index (χ1n) is 13.8. The van der Waals surface area contributed by atoms with Crippen LogP contribution >= 0.6 is 0 Å². The van der Waals surface area contributed by atoms with Crippen LogP contribution in [0, 0.1) is 5.92 Å². The molecule has 2 saturated carbocycles. The molecule has 2 fully saturated rings. The standard InChI is InChI=1S/C22H23F5N2O.C8H13N3O/c1-29(18-5-3-2-4-6-18)12-19-16(13-30)7-14(8-20(19)22(25,26)27)11-28-17-9-15(10-17)21(23)24;1-11-5-9-10-8(11)6-3-7(4-6)12-2/h2-8,13,15,17,21,28H,9-12H2,1H3;5-7H,3-4H2,1-2H3. The van der Waals surface area contributed by atoms with Gasteiger partial charge in [-0.2, -0.15) is 13.2 Å². The summed E-state index contributed by atoms with van der Waals surface area (Å²) in [7, 11) is 5.41. The fourth-order valence-electron chi connectivity index (χ4n) is 5.33. The summed E-state index contributed by atoms with van der Waals surface area (Å²) in [5, 5.41) is 10.9. The van der Waals surface area contributed by atoms with E-state index in [-0.39, 0.29) is 30.3 Å². The Labute approximate surface area is 242 Å². The van der Waals surface area contributed by atoms with E-state index >= 15 is 0 Å². The lowest BCUT2D eigenvalue weighted by atomic mass is 9.80. The van der Waals surface area contributed by atoms with Crippen LogP contribution in [0.1, 0.15) is 64.5 Å². The third-order valence-electron chi connectivity index (χ3n) is 8.03. The minimum atomic E-state index is -4.63. The van der Waals surface area contributed by atoms with E-state index in [1.54, 1.807) is 49.7 Å². The molecule has 42 heavy (non-hydrogen) atoms. The van der Waals surface area contributed by atoms with Crippen molar-refractivity contribution in [3.63, 3.8) is 0 Å². The number of nitrogens with zero attached hydrogens (tertiary/aromatic N) is 4. The molecule has 0 atom stereocenters. The van der Waals surface area contributed by atoms with Crippen molar-refractivity contribution < 1.29 is 31.5 Å². The van der Waals surface area contributed by atoms with E-state index in [0.29, 0.717) is 36.7 Å². The molecule has 1 aromatic heterocycles. The third kappa shape index (κ3) is 7.71. The molecule has 0 aliphatic heterocycles. The summed E-state index contributed by atoms with van der Waals surface area (Å²) in [5.74, 6) is 0.987. The number of carbonyl (C=O) groups excluding carboxylic acids is 1. The number of carbonyl (C=O) groups is 1. The highest BCUT2D eigenvalue weighted by Gasteiger charge is 2.37. The normalized spacial score (nSPS) is 21.6. The number of rotatable bonds is 10. The Balaban J connectivity index is 0.000000279. The van der Waals surface area contributed by atoms with E-state index in [9.17, 15) is 26.7 Å². The number of halogens is 5. The van der Waals surface area contributed by atoms with Crippen LogP contribution < -0.4 is 10.2 Å². The molecule has 1 heterocycles. The lowest BCUT2D eigenvalue weighted by Crippen LogP contribution is -2.43. The molecule has 0 amide bonds. The van der Waals surface area contributed by atoms with E-state index in [1.165, 1.54) is 6.07 Å². The molecule has 0 saturated heterocycles. The van der Waals surface area contributed by atoms with Gasteiger partial charge >= 0.3 is 6.18 Å². The zero-order valence-corrected chi connectivity index (χ0v) is 23.8. The molecule has 228 valence electrons. The highest BCUT2D eigenvalue weighted by molar-refractivity contribution is 5.79. The second-order valence-corrected chi connectivity index (χ2v) is 11.0. The predicted octanol–water partition coefficient (Wildman–Crippen LogP) is 6.00. The number of benzene rings is 2. The van der Waals surface area contributed by atoms with Gasteiger partial charge in [-0.1, -0.05) is 18.2 Å². The third-order valence-corrected chi connectivity index (χ3v) is 8.03. The SMILES string of the molecule is CN(Cc1c(C=O)cc(CNC2CC(C(F)F)C2)cc1C(F)(F)F)c1ccccc1.COC1CC(c2nncn2C)C1. The number of methoxy groups -OCH3 is 1. The first-order valence-corrected chi connectivity index (χ1v) is 13.8. The molecule has 12 heteroatoms. The number of aromatic nitrogens is 3. The Bertz CT molecular complexity index is 1310. The van der Waals surface area contributed by atoms with Gasteiger partial charge in [-0.25, -0.2) is 8.78 Å². The van der Waals surface area contributed by atoms with Crippen LogP contribution in [0.25, 0.3) is 0 Å². The van der Waals surface area contributed by atoms with Crippen molar-refractivity contribution in [2.45, 2.75) is 69.4 Å². The predicted molar refractivity (Wildman–Crippen MR) is 149 cm³/mol. The average molecular weight is 594 g/mol. The maximum atomic E-state index is 13.8. The minimum Gasteiger partial charge on any atom is -0.381 e. The van der Waals surface area contributed by atoms with Gasteiger partial charge in [0, 0.05) is 63.4 Å². The second-order valence-electron chi connectivity index (χ2n) is 11.0. The summed E-state index contributed by atoms with van der Waals surface area (Å²) in [5.41, 5.74) is 0.0612. The van der Waals surface area contributed by atoms with Crippen molar-refractivity contribution in [3.05, 3.63) is 76.9 Å². The number of para-hydroxylation sites is 1. The molecular weight excluding hydrogens is 557 g/mol. The zero-order chi connectivity index (χ0) is 30.4. The first-order chi connectivity index (χ1) is 20.0. The Morgan fingerprint density at radius 1 is 1.14 bits per heavy atom. The van der Waals surface area contributed by atoms with Gasteiger partial charge in [0.25, 0.3) is 0 Å². The fourth-order valence-corrected chi connectivity index (χ4v) is 5.33. The molecule has 2 aromatic carbocycles. The van der Waals surface area contributed by atoms with Gasteiger partial charge in [0.15, 0.2) is 0 Å². The van der Waals surface area contributed by atoms with Crippen LogP contribution in [-0.4, -0.2) is 53.8 Å². The number of hydrogen-bond acceptors (Lipinski definition) is 6. The van der Waals surface area contributed by atoms with Crippen molar-refractivity contribution in [2.24, 2.45) is 13.0 Å². The summed E-state index contributed by atoms with van der Waals surface area (Å²) in [6, 6.07) is 11.2. The van der Waals surface area contributed by atoms with Crippen LogP contribution in [0.15, 0.2) is 48.8 Å². The Morgan fingerprint density at radius 3 is 2.38 bits per heavy atom. The molecule has 2 aliphatic rings. The lowest BCUT2D eigenvalue weighted by molar-refractivity contribution is -0.138. The van der Waals surface area contributed by atoms with Crippen molar-refractivity contribution in [2.75, 3.05) is 19.1 Å². The van der Waals surface area contributed by atoms with Crippen molar-refractivity contribution >= 4 is 12.0 Å². The highest BCUT2D eigenvalue weighted by Crippen LogP contribution is 2.38. The van der Waals surface area contributed by atoms with Crippen LogP contribution in [0.4, 0.5) is 27.6 Å². The van der Waals surface area contributed by atoms with Crippen LogP contribution in [0.5, 0.6) is 0 Å². The van der Waals surface area contributed by atoms with Crippen LogP contribution in [0.2, 0.25) is 0 Å². The number of aryl methyl sites for hydroxylation is 1. The molecule has 0 bridgehead atoms. The van der Waals surface area contributed by atoms with Gasteiger partial charge < -0.3 is 19.5 Å². The molecule has 5 rings (SSSR count). The molecule has 7 nitrogen and oxygen atoms in total. The van der Waals surface area contributed by atoms with Gasteiger partial charge in [-0.3, -0.25) is 4.79 Å². The van der Waals surface area contributed by atoms with Crippen molar-refractivity contribution in [1.82, 2.24) is 20.1 Å². The van der Waals surface area contributed by atoms with E-state index in [0.717, 1.165) is 30.4 Å². The minimum absolute atomic E-state index is 0.0246. The number of alkyl halides is 5. The van der Waals surface area contributed by atoms with E-state index in [4.69, 9.17) is 4.74 Å². The van der Waals surface area contributed by atoms with Gasteiger partial charge in [0.2, 0.25) is 6.43 Å². The topological polar surface area (TPSA) is 72.3 Å². The highest BCUT2D eigenvalue weighted by atomic mass is 19.4. The summed E-state index contributed by atoms with van der Waals surface area (Å²) in [4.78, 5) is 13.3. The average Bonchev–Trinajstić information content (AvgIpc) is 3.32. The molecule has 0 radical (unpaired) electrons. The Hall–Kier alpha value is -3.38. The molecule has 1 N–H and O–H groups in total. The molecule has 0 spiro atoms. The number of hydrogen-bond donors (Lipinski definition) is 1. The summed E-state index contributed by atoms with van der Waals surface area (Å²) >= 11 is 0. The Morgan fingerprint density at radius 2 is 1.83 bits per heavy atom. The first kappa shape index (κ1) is 31.6. The van der Waals surface area contributed by atoms with Gasteiger partial charge in [-0.05, 0) is 61.1 Å². The lowest BCUT2D eigenvalue weighted by Gasteiger charge is -2.35. The van der Waals surface area contributed by atoms with Crippen molar-refractivity contribution in [1.29, 1.82) is 0 Å². The monoisotopic (exact) mass is 593 g/mol. The van der Waals surface area contributed by atoms with Crippen LogP contribution in [0.3, 0.4) is 0 Å². The van der Waals surface area contributed by atoms with Crippen molar-refractivity contribution in [3.8, 4) is 0 Å². The maximum absolute atomic E-state index is 13.8. The van der Waals surface area contributed by atoms with Crippen LogP contribution in [-0.2, 0) is 31.1 Å². The summed E-state index contributed by atoms with van der Waals surface area (Å²) < 4.78 is 73.7. The Kier molecular flexibility index (Phi) is 10.3. The number of nitrogens with one attached hydrogen (secondary N) is 1. The second kappa shape index (κ2) is 13.7.